The number of hydrogen-bond acceptors (Lipinski definition) is 5. The van der Waals surface area contributed by atoms with Gasteiger partial charge in [0.05, 0.1) is 18.5 Å². The lowest BCUT2D eigenvalue weighted by molar-refractivity contribution is -0.114. The molecule has 0 bridgehead atoms. The minimum Gasteiger partial charge on any atom is -0.491 e. The van der Waals surface area contributed by atoms with Crippen LogP contribution < -0.4 is 14.4 Å². The second-order valence-corrected chi connectivity index (χ2v) is 8.76. The maximum Gasteiger partial charge on any atom is 0.232 e. The summed E-state index contributed by atoms with van der Waals surface area (Å²) in [5.41, 5.74) is 1.09. The Bertz CT molecular complexity index is 870. The van der Waals surface area contributed by atoms with Crippen molar-refractivity contribution in [2.24, 2.45) is 0 Å². The van der Waals surface area contributed by atoms with Crippen LogP contribution in [0.2, 0.25) is 0 Å². The summed E-state index contributed by atoms with van der Waals surface area (Å²) in [6, 6.07) is 13.4. The lowest BCUT2D eigenvalue weighted by Gasteiger charge is -2.25. The fourth-order valence-corrected chi connectivity index (χ4v) is 3.53. The van der Waals surface area contributed by atoms with Crippen LogP contribution in [0.1, 0.15) is 6.92 Å². The maximum atomic E-state index is 12.1. The Morgan fingerprint density at radius 3 is 2.30 bits per heavy atom. The van der Waals surface area contributed by atoms with E-state index in [-0.39, 0.29) is 19.1 Å². The average Bonchev–Trinajstić information content (AvgIpc) is 2.58. The smallest absolute Gasteiger partial charge is 0.232 e. The lowest BCUT2D eigenvalue weighted by atomic mass is 10.3. The van der Waals surface area contributed by atoms with Crippen molar-refractivity contribution >= 4 is 43.2 Å². The first-order valence-corrected chi connectivity index (χ1v) is 10.7. The van der Waals surface area contributed by atoms with E-state index in [1.165, 1.54) is 6.92 Å². The van der Waals surface area contributed by atoms with E-state index in [4.69, 9.17) is 4.74 Å². The molecule has 2 N–H and O–H groups in total. The SMILES string of the molecule is CC(=O)Nc1ccc(OC[C@H](O)CN(c2ccc(Br)cc2)S(C)(=O)=O)cc1. The first kappa shape index (κ1) is 21.2. The molecule has 27 heavy (non-hydrogen) atoms. The van der Waals surface area contributed by atoms with E-state index in [2.05, 4.69) is 21.2 Å². The number of nitrogens with zero attached hydrogens (tertiary/aromatic N) is 1. The Hall–Kier alpha value is -2.10. The Kier molecular flexibility index (Phi) is 7.23. The third-order valence-corrected chi connectivity index (χ3v) is 5.20. The van der Waals surface area contributed by atoms with Crippen LogP contribution >= 0.6 is 15.9 Å². The molecule has 2 aromatic rings. The number of aliphatic hydroxyl groups is 1. The Balaban J connectivity index is 1.98. The number of amides is 1. The number of halogens is 1. The zero-order chi connectivity index (χ0) is 20.0. The van der Waals surface area contributed by atoms with E-state index < -0.39 is 16.1 Å². The van der Waals surface area contributed by atoms with Crippen molar-refractivity contribution in [3.8, 4) is 5.75 Å². The summed E-state index contributed by atoms with van der Waals surface area (Å²) in [6.45, 7) is 1.20. The van der Waals surface area contributed by atoms with Gasteiger partial charge in [0.15, 0.2) is 0 Å². The molecule has 1 atom stereocenters. The van der Waals surface area contributed by atoms with Crippen molar-refractivity contribution in [2.75, 3.05) is 29.0 Å². The van der Waals surface area contributed by atoms with Gasteiger partial charge in [-0.1, -0.05) is 15.9 Å². The van der Waals surface area contributed by atoms with E-state index in [1.54, 1.807) is 48.5 Å². The fraction of sp³-hybridized carbons (Fsp3) is 0.278. The molecule has 146 valence electrons. The predicted octanol–water partition coefficient (Wildman–Crippen LogP) is 2.61. The quantitative estimate of drug-likeness (QED) is 0.636. The predicted molar refractivity (Wildman–Crippen MR) is 109 cm³/mol. The Morgan fingerprint density at radius 1 is 1.19 bits per heavy atom. The summed E-state index contributed by atoms with van der Waals surface area (Å²) in [6.07, 6.45) is 0.0574. The van der Waals surface area contributed by atoms with E-state index in [0.29, 0.717) is 17.1 Å². The number of benzene rings is 2. The van der Waals surface area contributed by atoms with Gasteiger partial charge in [-0.3, -0.25) is 9.10 Å². The highest BCUT2D eigenvalue weighted by Crippen LogP contribution is 2.21. The second-order valence-electron chi connectivity index (χ2n) is 5.94. The average molecular weight is 457 g/mol. The monoisotopic (exact) mass is 456 g/mol. The number of anilines is 2. The molecule has 1 amide bonds. The van der Waals surface area contributed by atoms with Crippen LogP contribution in [0, 0.1) is 0 Å². The van der Waals surface area contributed by atoms with Crippen molar-refractivity contribution in [3.63, 3.8) is 0 Å². The van der Waals surface area contributed by atoms with Gasteiger partial charge in [-0.2, -0.15) is 0 Å². The molecule has 0 aliphatic heterocycles. The van der Waals surface area contributed by atoms with Crippen LogP contribution in [0.15, 0.2) is 53.0 Å². The number of ether oxygens (including phenoxy) is 1. The summed E-state index contributed by atoms with van der Waals surface area (Å²) in [4.78, 5) is 11.0. The second kappa shape index (κ2) is 9.20. The molecule has 0 radical (unpaired) electrons. The molecule has 7 nitrogen and oxygen atoms in total. The zero-order valence-electron chi connectivity index (χ0n) is 14.9. The molecule has 2 aromatic carbocycles. The van der Waals surface area contributed by atoms with Crippen LogP contribution in [0.3, 0.4) is 0 Å². The highest BCUT2D eigenvalue weighted by Gasteiger charge is 2.21. The molecule has 9 heteroatoms. The number of nitrogens with one attached hydrogen (secondary N) is 1. The van der Waals surface area contributed by atoms with E-state index in [1.807, 2.05) is 0 Å². The Labute approximate surface area is 167 Å². The van der Waals surface area contributed by atoms with Gasteiger partial charge in [-0.25, -0.2) is 8.42 Å². The highest BCUT2D eigenvalue weighted by molar-refractivity contribution is 9.10. The largest absolute Gasteiger partial charge is 0.491 e. The van der Waals surface area contributed by atoms with Crippen molar-refractivity contribution in [1.82, 2.24) is 0 Å². The molecule has 0 heterocycles. The van der Waals surface area contributed by atoms with Gasteiger partial charge in [0.1, 0.15) is 18.5 Å². The normalized spacial score (nSPS) is 12.3. The van der Waals surface area contributed by atoms with Gasteiger partial charge in [0.2, 0.25) is 15.9 Å². The van der Waals surface area contributed by atoms with Gasteiger partial charge >= 0.3 is 0 Å². The molecule has 0 saturated carbocycles. The Morgan fingerprint density at radius 2 is 1.78 bits per heavy atom. The first-order valence-electron chi connectivity index (χ1n) is 8.07. The van der Waals surface area contributed by atoms with E-state index in [9.17, 15) is 18.3 Å². The maximum absolute atomic E-state index is 12.1. The van der Waals surface area contributed by atoms with Gasteiger partial charge < -0.3 is 15.2 Å². The zero-order valence-corrected chi connectivity index (χ0v) is 17.3. The highest BCUT2D eigenvalue weighted by atomic mass is 79.9. The number of aliphatic hydroxyl groups excluding tert-OH is 1. The van der Waals surface area contributed by atoms with Gasteiger partial charge in [0, 0.05) is 17.1 Å². The van der Waals surface area contributed by atoms with Crippen LogP contribution in [-0.2, 0) is 14.8 Å². The molecule has 0 aliphatic rings. The minimum atomic E-state index is -3.56. The number of carbonyl (C=O) groups is 1. The minimum absolute atomic E-state index is 0.0813. The molecule has 2 rings (SSSR count). The van der Waals surface area contributed by atoms with Crippen LogP contribution in [0.25, 0.3) is 0 Å². The number of carbonyl (C=O) groups excluding carboxylic acids is 1. The molecular weight excluding hydrogens is 436 g/mol. The molecule has 0 aliphatic carbocycles. The van der Waals surface area contributed by atoms with E-state index >= 15 is 0 Å². The molecule has 0 spiro atoms. The third-order valence-electron chi connectivity index (χ3n) is 3.51. The number of rotatable bonds is 8. The third kappa shape index (κ3) is 6.85. The fourth-order valence-electron chi connectivity index (χ4n) is 2.31. The molecular formula is C18H21BrN2O5S. The first-order chi connectivity index (χ1) is 12.6. The van der Waals surface area contributed by atoms with Gasteiger partial charge in [-0.15, -0.1) is 0 Å². The van der Waals surface area contributed by atoms with E-state index in [0.717, 1.165) is 15.0 Å². The summed E-state index contributed by atoms with van der Waals surface area (Å²) in [7, 11) is -3.56. The van der Waals surface area contributed by atoms with Crippen LogP contribution in [-0.4, -0.2) is 44.9 Å². The van der Waals surface area contributed by atoms with Crippen LogP contribution in [0.4, 0.5) is 11.4 Å². The van der Waals surface area contributed by atoms with Crippen molar-refractivity contribution in [2.45, 2.75) is 13.0 Å². The van der Waals surface area contributed by atoms with Gasteiger partial charge in [-0.05, 0) is 48.5 Å². The summed E-state index contributed by atoms with van der Waals surface area (Å²) >= 11 is 3.30. The lowest BCUT2D eigenvalue weighted by Crippen LogP contribution is -2.39. The topological polar surface area (TPSA) is 95.9 Å². The molecule has 0 saturated heterocycles. The van der Waals surface area contributed by atoms with Crippen molar-refractivity contribution < 1.29 is 23.1 Å². The van der Waals surface area contributed by atoms with Crippen molar-refractivity contribution in [3.05, 3.63) is 53.0 Å². The van der Waals surface area contributed by atoms with Crippen molar-refractivity contribution in [1.29, 1.82) is 0 Å². The molecule has 0 unspecified atom stereocenters. The standard InChI is InChI=1S/C18H21BrN2O5S/c1-13(22)20-15-5-9-18(10-6-15)26-12-17(23)11-21(27(2,24)25)16-7-3-14(19)4-8-16/h3-10,17,23H,11-12H2,1-2H3,(H,20,22)/t17-/m1/s1. The van der Waals surface area contributed by atoms with Gasteiger partial charge in [0.25, 0.3) is 0 Å². The number of sulfonamides is 1. The van der Waals surface area contributed by atoms with Crippen LogP contribution in [0.5, 0.6) is 5.75 Å². The molecule has 0 fully saturated rings. The summed E-state index contributed by atoms with van der Waals surface area (Å²) < 4.78 is 31.6. The number of hydrogen-bond donors (Lipinski definition) is 2. The molecule has 0 aromatic heterocycles. The summed E-state index contributed by atoms with van der Waals surface area (Å²) in [5.74, 6) is 0.325. The summed E-state index contributed by atoms with van der Waals surface area (Å²) in [5, 5.41) is 12.9.